The first-order valence-corrected chi connectivity index (χ1v) is 8.37. The van der Waals surface area contributed by atoms with Crippen molar-refractivity contribution in [2.45, 2.75) is 40.3 Å². The zero-order chi connectivity index (χ0) is 16.5. The summed E-state index contributed by atoms with van der Waals surface area (Å²) in [6.07, 6.45) is 1.13. The average Bonchev–Trinajstić information content (AvgIpc) is 2.56. The van der Waals surface area contributed by atoms with Gasteiger partial charge in [-0.15, -0.1) is 0 Å². The van der Waals surface area contributed by atoms with Crippen LogP contribution in [0, 0.1) is 6.92 Å². The van der Waals surface area contributed by atoms with E-state index in [1.165, 1.54) is 11.1 Å². The molecule has 0 fully saturated rings. The molecule has 2 rings (SSSR count). The van der Waals surface area contributed by atoms with Crippen molar-refractivity contribution in [2.75, 3.05) is 13.2 Å². The van der Waals surface area contributed by atoms with Gasteiger partial charge in [-0.3, -0.25) is 0 Å². The molecule has 0 atom stereocenters. The van der Waals surface area contributed by atoms with Crippen LogP contribution in [0.4, 0.5) is 0 Å². The van der Waals surface area contributed by atoms with Crippen molar-refractivity contribution in [3.63, 3.8) is 0 Å². The fourth-order valence-electron chi connectivity index (χ4n) is 2.30. The molecule has 0 radical (unpaired) electrons. The highest BCUT2D eigenvalue weighted by atomic mass is 16.5. The summed E-state index contributed by atoms with van der Waals surface area (Å²) in [6, 6.07) is 14.6. The Balaban J connectivity index is 2.02. The molecule has 0 aromatic heterocycles. The van der Waals surface area contributed by atoms with Crippen LogP contribution in [0.25, 0.3) is 0 Å². The second-order valence-electron chi connectivity index (χ2n) is 5.67. The maximum Gasteiger partial charge on any atom is 0.161 e. The lowest BCUT2D eigenvalue weighted by Gasteiger charge is -2.14. The quantitative estimate of drug-likeness (QED) is 0.693. The van der Waals surface area contributed by atoms with Crippen molar-refractivity contribution in [3.05, 3.63) is 59.2 Å². The second kappa shape index (κ2) is 9.21. The summed E-state index contributed by atoms with van der Waals surface area (Å²) in [7, 11) is 0. The highest BCUT2D eigenvalue weighted by Gasteiger charge is 2.07. The minimum atomic E-state index is 0.549. The van der Waals surface area contributed by atoms with E-state index in [4.69, 9.17) is 9.47 Å². The molecule has 0 saturated heterocycles. The second-order valence-corrected chi connectivity index (χ2v) is 5.67. The lowest BCUT2D eigenvalue weighted by Crippen LogP contribution is -2.13. The minimum Gasteiger partial charge on any atom is -0.490 e. The van der Waals surface area contributed by atoms with E-state index < -0.39 is 0 Å². The summed E-state index contributed by atoms with van der Waals surface area (Å²) in [4.78, 5) is 0. The van der Waals surface area contributed by atoms with Gasteiger partial charge in [-0.2, -0.15) is 0 Å². The SMILES string of the molecule is CCCNCc1ccc(OCc2ccc(C)cc2)c(OCC)c1. The Labute approximate surface area is 139 Å². The molecule has 3 heteroatoms. The first kappa shape index (κ1) is 17.4. The van der Waals surface area contributed by atoms with E-state index in [0.717, 1.165) is 36.6 Å². The molecule has 0 aliphatic rings. The number of hydrogen-bond donors (Lipinski definition) is 1. The van der Waals surface area contributed by atoms with Crippen LogP contribution >= 0.6 is 0 Å². The van der Waals surface area contributed by atoms with Gasteiger partial charge in [-0.25, -0.2) is 0 Å². The van der Waals surface area contributed by atoms with E-state index in [-0.39, 0.29) is 0 Å². The number of nitrogens with one attached hydrogen (secondary N) is 1. The molecule has 2 aromatic rings. The zero-order valence-electron chi connectivity index (χ0n) is 14.4. The molecule has 0 saturated carbocycles. The van der Waals surface area contributed by atoms with E-state index >= 15 is 0 Å². The molecule has 0 heterocycles. The topological polar surface area (TPSA) is 30.5 Å². The van der Waals surface area contributed by atoms with Gasteiger partial charge in [0.2, 0.25) is 0 Å². The molecule has 0 bridgehead atoms. The maximum absolute atomic E-state index is 5.95. The fraction of sp³-hybridized carbons (Fsp3) is 0.400. The van der Waals surface area contributed by atoms with E-state index in [1.54, 1.807) is 0 Å². The minimum absolute atomic E-state index is 0.549. The third kappa shape index (κ3) is 5.61. The Hall–Kier alpha value is -2.00. The molecule has 0 amide bonds. The summed E-state index contributed by atoms with van der Waals surface area (Å²) in [5.41, 5.74) is 3.63. The van der Waals surface area contributed by atoms with Crippen molar-refractivity contribution in [2.24, 2.45) is 0 Å². The summed E-state index contributed by atoms with van der Waals surface area (Å²) in [5, 5.41) is 3.41. The van der Waals surface area contributed by atoms with Crippen LogP contribution in [0.2, 0.25) is 0 Å². The third-order valence-corrected chi connectivity index (χ3v) is 3.58. The monoisotopic (exact) mass is 313 g/mol. The van der Waals surface area contributed by atoms with Crippen LogP contribution in [0.15, 0.2) is 42.5 Å². The number of ether oxygens (including phenoxy) is 2. The Morgan fingerprint density at radius 3 is 2.30 bits per heavy atom. The summed E-state index contributed by atoms with van der Waals surface area (Å²) < 4.78 is 11.7. The summed E-state index contributed by atoms with van der Waals surface area (Å²) in [6.45, 7) is 9.30. The predicted molar refractivity (Wildman–Crippen MR) is 95.1 cm³/mol. The van der Waals surface area contributed by atoms with Gasteiger partial charge < -0.3 is 14.8 Å². The number of rotatable bonds is 9. The Morgan fingerprint density at radius 1 is 0.870 bits per heavy atom. The normalized spacial score (nSPS) is 10.6. The highest BCUT2D eigenvalue weighted by molar-refractivity contribution is 5.43. The van der Waals surface area contributed by atoms with E-state index in [9.17, 15) is 0 Å². The molecule has 0 aliphatic carbocycles. The largest absolute Gasteiger partial charge is 0.490 e. The molecule has 3 nitrogen and oxygen atoms in total. The van der Waals surface area contributed by atoms with Gasteiger partial charge in [0.15, 0.2) is 11.5 Å². The molecule has 124 valence electrons. The van der Waals surface area contributed by atoms with Gasteiger partial charge in [0.1, 0.15) is 6.61 Å². The van der Waals surface area contributed by atoms with E-state index in [1.807, 2.05) is 13.0 Å². The molecule has 23 heavy (non-hydrogen) atoms. The van der Waals surface area contributed by atoms with Gasteiger partial charge in [-0.05, 0) is 50.1 Å². The van der Waals surface area contributed by atoms with Gasteiger partial charge in [0.05, 0.1) is 6.61 Å². The summed E-state index contributed by atoms with van der Waals surface area (Å²) in [5.74, 6) is 1.61. The van der Waals surface area contributed by atoms with Crippen LogP contribution < -0.4 is 14.8 Å². The van der Waals surface area contributed by atoms with Gasteiger partial charge >= 0.3 is 0 Å². The van der Waals surface area contributed by atoms with Crippen LogP contribution in [0.3, 0.4) is 0 Å². The highest BCUT2D eigenvalue weighted by Crippen LogP contribution is 2.29. The van der Waals surface area contributed by atoms with Crippen LogP contribution in [0.5, 0.6) is 11.5 Å². The summed E-state index contributed by atoms with van der Waals surface area (Å²) >= 11 is 0. The maximum atomic E-state index is 5.95. The number of hydrogen-bond acceptors (Lipinski definition) is 3. The van der Waals surface area contributed by atoms with Crippen LogP contribution in [0.1, 0.15) is 37.0 Å². The fourth-order valence-corrected chi connectivity index (χ4v) is 2.30. The number of benzene rings is 2. The Kier molecular flexibility index (Phi) is 6.95. The lowest BCUT2D eigenvalue weighted by atomic mass is 10.1. The van der Waals surface area contributed by atoms with E-state index in [0.29, 0.717) is 13.2 Å². The molecule has 0 unspecified atom stereocenters. The lowest BCUT2D eigenvalue weighted by molar-refractivity contribution is 0.269. The average molecular weight is 313 g/mol. The molecular weight excluding hydrogens is 286 g/mol. The first-order valence-electron chi connectivity index (χ1n) is 8.37. The standard InChI is InChI=1S/C20H27NO2/c1-4-12-21-14-18-10-11-19(20(13-18)22-5-2)23-15-17-8-6-16(3)7-9-17/h6-11,13,21H,4-5,12,14-15H2,1-3H3. The van der Waals surface area contributed by atoms with Crippen LogP contribution in [-0.4, -0.2) is 13.2 Å². The van der Waals surface area contributed by atoms with Crippen molar-refractivity contribution in [1.29, 1.82) is 0 Å². The van der Waals surface area contributed by atoms with Crippen molar-refractivity contribution >= 4 is 0 Å². The Morgan fingerprint density at radius 2 is 1.61 bits per heavy atom. The smallest absolute Gasteiger partial charge is 0.161 e. The van der Waals surface area contributed by atoms with Crippen molar-refractivity contribution < 1.29 is 9.47 Å². The van der Waals surface area contributed by atoms with Crippen molar-refractivity contribution in [3.8, 4) is 11.5 Å². The molecule has 1 N–H and O–H groups in total. The van der Waals surface area contributed by atoms with Gasteiger partial charge in [-0.1, -0.05) is 42.8 Å². The Bertz CT molecular complexity index is 593. The number of aryl methyl sites for hydroxylation is 1. The van der Waals surface area contributed by atoms with E-state index in [2.05, 4.69) is 55.6 Å². The molecule has 0 spiro atoms. The molecular formula is C20H27NO2. The van der Waals surface area contributed by atoms with Gasteiger partial charge in [0, 0.05) is 6.54 Å². The van der Waals surface area contributed by atoms with Crippen LogP contribution in [-0.2, 0) is 13.2 Å². The molecule has 0 aliphatic heterocycles. The first-order chi connectivity index (χ1) is 11.2. The predicted octanol–water partition coefficient (Wildman–Crippen LogP) is 4.47. The zero-order valence-corrected chi connectivity index (χ0v) is 14.4. The molecule has 2 aromatic carbocycles. The van der Waals surface area contributed by atoms with Gasteiger partial charge in [0.25, 0.3) is 0 Å². The van der Waals surface area contributed by atoms with Crippen molar-refractivity contribution in [1.82, 2.24) is 5.32 Å². The third-order valence-electron chi connectivity index (χ3n) is 3.58.